The van der Waals surface area contributed by atoms with Crippen LogP contribution in [0.1, 0.15) is 49.9 Å². The molecule has 0 heterocycles. The maximum atomic E-state index is 13.1. The first-order chi connectivity index (χ1) is 19.8. The van der Waals surface area contributed by atoms with Crippen LogP contribution < -0.4 is 21.7 Å². The van der Waals surface area contributed by atoms with E-state index in [1.54, 1.807) is 60.7 Å². The predicted octanol–water partition coefficient (Wildman–Crippen LogP) is -0.891. The molecule has 0 bridgehead atoms. The Morgan fingerprint density at radius 3 is 1.81 bits per heavy atom. The molecule has 0 spiro atoms. The van der Waals surface area contributed by atoms with Gasteiger partial charge in [-0.25, -0.2) is 0 Å². The van der Waals surface area contributed by atoms with Gasteiger partial charge in [-0.3, -0.25) is 19.2 Å². The van der Waals surface area contributed by atoms with E-state index in [1.165, 1.54) is 0 Å². The van der Waals surface area contributed by atoms with Gasteiger partial charge >= 0.3 is 5.97 Å². The second kappa shape index (κ2) is 16.5. The fraction of sp³-hybridized carbons (Fsp3) is 0.448. The molecule has 3 amide bonds. The molecule has 2 aromatic rings. The molecule has 0 saturated carbocycles. The van der Waals surface area contributed by atoms with Crippen LogP contribution in [0.4, 0.5) is 0 Å². The topological polar surface area (TPSA) is 232 Å². The Kier molecular flexibility index (Phi) is 13.5. The summed E-state index contributed by atoms with van der Waals surface area (Å²) >= 11 is 0. The molecule has 230 valence electrons. The van der Waals surface area contributed by atoms with Crippen LogP contribution in [0.5, 0.6) is 0 Å². The highest BCUT2D eigenvalue weighted by molar-refractivity contribution is 5.90. The van der Waals surface area contributed by atoms with Crippen LogP contribution in [0.25, 0.3) is 0 Å². The third-order valence-corrected chi connectivity index (χ3v) is 6.56. The van der Waals surface area contributed by atoms with E-state index in [0.717, 1.165) is 0 Å². The summed E-state index contributed by atoms with van der Waals surface area (Å²) in [6, 6.07) is 11.8. The van der Waals surface area contributed by atoms with Gasteiger partial charge in [0.15, 0.2) is 6.10 Å². The van der Waals surface area contributed by atoms with Gasteiger partial charge < -0.3 is 47.2 Å². The number of nitrogens with two attached hydrogens (primary N) is 1. The van der Waals surface area contributed by atoms with E-state index in [2.05, 4.69) is 16.0 Å². The third kappa shape index (κ3) is 10.2. The van der Waals surface area contributed by atoms with E-state index in [9.17, 15) is 44.7 Å². The lowest BCUT2D eigenvalue weighted by Gasteiger charge is -2.31. The van der Waals surface area contributed by atoms with Gasteiger partial charge in [0.2, 0.25) is 11.8 Å². The lowest BCUT2D eigenvalue weighted by molar-refractivity contribution is -0.145. The first-order valence-corrected chi connectivity index (χ1v) is 13.5. The molecule has 13 nitrogen and oxygen atoms in total. The zero-order valence-electron chi connectivity index (χ0n) is 23.5. The van der Waals surface area contributed by atoms with Gasteiger partial charge in [-0.2, -0.15) is 0 Å². The lowest BCUT2D eigenvalue weighted by Crippen LogP contribution is -2.59. The number of hydrogen-bond donors (Lipinski definition) is 9. The Labute approximate surface area is 243 Å². The maximum Gasteiger partial charge on any atom is 0.305 e. The minimum Gasteiger partial charge on any atom is -0.481 e. The van der Waals surface area contributed by atoms with Crippen LogP contribution in [0.3, 0.4) is 0 Å². The largest absolute Gasteiger partial charge is 0.481 e. The molecular formula is C29H40N4O9. The number of carbonyl (C=O) groups is 4. The average molecular weight is 589 g/mol. The summed E-state index contributed by atoms with van der Waals surface area (Å²) in [4.78, 5) is 49.9. The highest BCUT2D eigenvalue weighted by Crippen LogP contribution is 2.18. The van der Waals surface area contributed by atoms with Gasteiger partial charge in [-0.1, -0.05) is 74.5 Å². The number of nitrogens with one attached hydrogen (secondary N) is 3. The first kappa shape index (κ1) is 34.3. The van der Waals surface area contributed by atoms with Crippen molar-refractivity contribution in [3.8, 4) is 0 Å². The van der Waals surface area contributed by atoms with Crippen molar-refractivity contribution >= 4 is 23.7 Å². The molecule has 2 aromatic carbocycles. The van der Waals surface area contributed by atoms with Crippen LogP contribution >= 0.6 is 0 Å². The summed E-state index contributed by atoms with van der Waals surface area (Å²) in [6.45, 7) is 2.73. The van der Waals surface area contributed by atoms with Crippen molar-refractivity contribution in [3.63, 3.8) is 0 Å². The molecule has 0 saturated heterocycles. The fourth-order valence-electron chi connectivity index (χ4n) is 4.25. The fourth-order valence-corrected chi connectivity index (χ4v) is 4.25. The number of carboxylic acid groups (broad SMARTS) is 1. The molecule has 1 unspecified atom stereocenters. The van der Waals surface area contributed by atoms with Crippen molar-refractivity contribution in [2.75, 3.05) is 6.61 Å². The Morgan fingerprint density at radius 1 is 0.762 bits per heavy atom. The zero-order valence-corrected chi connectivity index (χ0v) is 23.5. The van der Waals surface area contributed by atoms with Crippen molar-refractivity contribution in [2.45, 2.75) is 69.2 Å². The maximum absolute atomic E-state index is 13.1. The molecular weight excluding hydrogens is 548 g/mol. The number of carbonyl (C=O) groups excluding carboxylic acids is 3. The Morgan fingerprint density at radius 2 is 1.31 bits per heavy atom. The zero-order chi connectivity index (χ0) is 31.4. The number of aliphatic hydroxyl groups excluding tert-OH is 4. The SMILES string of the molecule is CC(C)C[C@H](NC(=O)C(N)c1ccccc1)C(=O)N[C@@H](CO)[C@@H](O)[C@@H](O)[C@H](O)C(=O)N[C@@H](CC(=O)O)c1ccccc1. The van der Waals surface area contributed by atoms with Crippen molar-refractivity contribution in [2.24, 2.45) is 11.7 Å². The van der Waals surface area contributed by atoms with Crippen molar-refractivity contribution in [3.05, 3.63) is 71.8 Å². The van der Waals surface area contributed by atoms with E-state index in [4.69, 9.17) is 5.73 Å². The normalized spacial score (nSPS) is 16.3. The van der Waals surface area contributed by atoms with Crippen molar-refractivity contribution in [1.29, 1.82) is 0 Å². The summed E-state index contributed by atoms with van der Waals surface area (Å²) in [5.41, 5.74) is 6.99. The summed E-state index contributed by atoms with van der Waals surface area (Å²) in [5, 5.41) is 58.0. The number of aliphatic hydroxyl groups is 4. The van der Waals surface area contributed by atoms with E-state index >= 15 is 0 Å². The second-order valence-electron chi connectivity index (χ2n) is 10.4. The number of aliphatic carboxylic acids is 1. The Bertz CT molecular complexity index is 1170. The number of carboxylic acids is 1. The van der Waals surface area contributed by atoms with Gasteiger partial charge in [0.05, 0.1) is 25.1 Å². The van der Waals surface area contributed by atoms with Crippen LogP contribution in [0.2, 0.25) is 0 Å². The summed E-state index contributed by atoms with van der Waals surface area (Å²) in [5.74, 6) is -3.91. The lowest BCUT2D eigenvalue weighted by atomic mass is 9.98. The van der Waals surface area contributed by atoms with Crippen LogP contribution in [0, 0.1) is 5.92 Å². The van der Waals surface area contributed by atoms with Gasteiger partial charge in [0.1, 0.15) is 24.3 Å². The molecule has 0 fully saturated rings. The van der Waals surface area contributed by atoms with Gasteiger partial charge in [-0.15, -0.1) is 0 Å². The van der Waals surface area contributed by atoms with Gasteiger partial charge in [-0.05, 0) is 23.5 Å². The third-order valence-electron chi connectivity index (χ3n) is 6.56. The summed E-state index contributed by atoms with van der Waals surface area (Å²) in [7, 11) is 0. The summed E-state index contributed by atoms with van der Waals surface area (Å²) < 4.78 is 0. The summed E-state index contributed by atoms with van der Waals surface area (Å²) in [6.07, 6.45) is -6.82. The first-order valence-electron chi connectivity index (χ1n) is 13.5. The minimum atomic E-state index is -2.25. The highest BCUT2D eigenvalue weighted by Gasteiger charge is 2.37. The van der Waals surface area contributed by atoms with Gasteiger partial charge in [0.25, 0.3) is 5.91 Å². The number of amides is 3. The van der Waals surface area contributed by atoms with Crippen LogP contribution in [0.15, 0.2) is 60.7 Å². The molecule has 0 aliphatic heterocycles. The molecule has 0 radical (unpaired) electrons. The van der Waals surface area contributed by atoms with E-state index in [1.807, 2.05) is 13.8 Å². The molecule has 42 heavy (non-hydrogen) atoms. The van der Waals surface area contributed by atoms with Crippen molar-refractivity contribution in [1.82, 2.24) is 16.0 Å². The van der Waals surface area contributed by atoms with Crippen molar-refractivity contribution < 1.29 is 44.7 Å². The smallest absolute Gasteiger partial charge is 0.305 e. The van der Waals surface area contributed by atoms with Gasteiger partial charge in [0, 0.05) is 0 Å². The molecule has 7 atom stereocenters. The van der Waals surface area contributed by atoms with E-state index in [0.29, 0.717) is 11.1 Å². The minimum absolute atomic E-state index is 0.0639. The van der Waals surface area contributed by atoms with E-state index < -0.39 is 79.2 Å². The average Bonchev–Trinajstić information content (AvgIpc) is 2.97. The molecule has 10 N–H and O–H groups in total. The standard InChI is InChI=1S/C29H40N4O9/c1-16(2)13-20(32-28(41)23(30)18-11-7-4-8-12-18)27(40)33-21(15-34)24(37)25(38)26(39)29(42)31-19(14-22(35)36)17-9-5-3-6-10-17/h3-12,16,19-21,23-26,34,37-39H,13-15,30H2,1-2H3,(H,31,42)(H,32,41)(H,33,40)(H,35,36)/t19-,20-,21-,23?,24+,25+,26-/m0/s1. The van der Waals surface area contributed by atoms with Crippen LogP contribution in [-0.2, 0) is 19.2 Å². The number of benzene rings is 2. The molecule has 0 aromatic heterocycles. The monoisotopic (exact) mass is 588 g/mol. The number of hydrogen-bond acceptors (Lipinski definition) is 9. The molecule has 0 aliphatic rings. The molecule has 0 aliphatic carbocycles. The molecule has 2 rings (SSSR count). The highest BCUT2D eigenvalue weighted by atomic mass is 16.4. The predicted molar refractivity (Wildman–Crippen MR) is 151 cm³/mol. The molecule has 13 heteroatoms. The number of rotatable bonds is 16. The Balaban J connectivity index is 2.09. The van der Waals surface area contributed by atoms with E-state index in [-0.39, 0.29) is 12.3 Å². The Hall–Kier alpha value is -3.88. The van der Waals surface area contributed by atoms with Crippen LogP contribution in [-0.4, -0.2) is 86.2 Å². The second-order valence-corrected chi connectivity index (χ2v) is 10.4. The quantitative estimate of drug-likeness (QED) is 0.117.